The van der Waals surface area contributed by atoms with Crippen LogP contribution in [0, 0.1) is 6.92 Å². The Labute approximate surface area is 162 Å². The monoisotopic (exact) mass is 385 g/mol. The topological polar surface area (TPSA) is 73.2 Å². The molecule has 0 fully saturated rings. The Hall–Kier alpha value is -2.67. The first-order valence-electron chi connectivity index (χ1n) is 8.99. The molecule has 0 saturated carbocycles. The number of carbonyl (C=O) groups is 2. The molecule has 0 spiro atoms. The van der Waals surface area contributed by atoms with E-state index in [9.17, 15) is 9.59 Å². The van der Waals surface area contributed by atoms with E-state index in [4.69, 9.17) is 4.74 Å². The average Bonchev–Trinajstić information content (AvgIpc) is 3.22. The summed E-state index contributed by atoms with van der Waals surface area (Å²) < 4.78 is 7.22. The van der Waals surface area contributed by atoms with Crippen LogP contribution in [0.2, 0.25) is 0 Å². The number of thiophene rings is 1. The van der Waals surface area contributed by atoms with Gasteiger partial charge in [-0.15, -0.1) is 11.3 Å². The first-order chi connectivity index (χ1) is 13.0. The largest absolute Gasteiger partial charge is 0.448 e. The third-order valence-electron chi connectivity index (χ3n) is 4.19. The van der Waals surface area contributed by atoms with E-state index in [0.29, 0.717) is 18.0 Å². The second kappa shape index (κ2) is 8.35. The molecule has 1 aromatic carbocycles. The molecule has 142 valence electrons. The number of esters is 1. The zero-order valence-electron chi connectivity index (χ0n) is 15.7. The van der Waals surface area contributed by atoms with Crippen LogP contribution in [0.3, 0.4) is 0 Å². The van der Waals surface area contributed by atoms with Crippen molar-refractivity contribution in [3.8, 4) is 0 Å². The van der Waals surface area contributed by atoms with Gasteiger partial charge in [0.05, 0.1) is 12.2 Å². The van der Waals surface area contributed by atoms with E-state index in [0.717, 1.165) is 27.9 Å². The van der Waals surface area contributed by atoms with Crippen LogP contribution in [0.4, 0.5) is 0 Å². The van der Waals surface area contributed by atoms with Crippen molar-refractivity contribution in [2.45, 2.75) is 39.8 Å². The number of fused-ring (bicyclic) bond motifs is 1. The molecule has 3 rings (SSSR count). The highest BCUT2D eigenvalue weighted by atomic mass is 32.1. The molecule has 1 N–H and O–H groups in total. The van der Waals surface area contributed by atoms with Crippen molar-refractivity contribution in [1.82, 2.24) is 15.1 Å². The Kier molecular flexibility index (Phi) is 5.91. The first kappa shape index (κ1) is 19.1. The van der Waals surface area contributed by atoms with Gasteiger partial charge < -0.3 is 10.1 Å². The predicted octanol–water partition coefficient (Wildman–Crippen LogP) is 3.53. The molecule has 1 amide bonds. The summed E-state index contributed by atoms with van der Waals surface area (Å²) in [5.74, 6) is -0.765. The first-order valence-corrected chi connectivity index (χ1v) is 9.80. The maximum absolute atomic E-state index is 12.5. The van der Waals surface area contributed by atoms with Crippen LogP contribution in [0.25, 0.3) is 10.2 Å². The molecule has 6 nitrogen and oxygen atoms in total. The summed E-state index contributed by atoms with van der Waals surface area (Å²) in [6.07, 6.45) is 0.0103. The molecule has 0 aliphatic rings. The fraction of sp³-hybridized carbons (Fsp3) is 0.350. The highest BCUT2D eigenvalue weighted by Crippen LogP contribution is 2.29. The minimum absolute atomic E-state index is 0.280. The third kappa shape index (κ3) is 4.36. The molecule has 1 atom stereocenters. The molecular formula is C20H23N3O3S. The summed E-state index contributed by atoms with van der Waals surface area (Å²) in [6.45, 7) is 6.68. The molecule has 0 aliphatic carbocycles. The van der Waals surface area contributed by atoms with Crippen molar-refractivity contribution in [2.24, 2.45) is 0 Å². The molecule has 2 aromatic heterocycles. The van der Waals surface area contributed by atoms with E-state index in [1.165, 1.54) is 11.3 Å². The van der Waals surface area contributed by atoms with Gasteiger partial charge in [0.15, 0.2) is 6.10 Å². The second-order valence-corrected chi connectivity index (χ2v) is 7.43. The number of aromatic nitrogens is 2. The van der Waals surface area contributed by atoms with Crippen molar-refractivity contribution in [2.75, 3.05) is 6.54 Å². The van der Waals surface area contributed by atoms with Crippen LogP contribution in [0.15, 0.2) is 36.4 Å². The molecule has 0 saturated heterocycles. The number of carbonyl (C=O) groups excluding carboxylic acids is 2. The zero-order chi connectivity index (χ0) is 19.4. The van der Waals surface area contributed by atoms with E-state index in [1.54, 1.807) is 13.0 Å². The van der Waals surface area contributed by atoms with Gasteiger partial charge in [-0.2, -0.15) is 5.10 Å². The Morgan fingerprint density at radius 3 is 2.74 bits per heavy atom. The Morgan fingerprint density at radius 1 is 1.30 bits per heavy atom. The molecule has 0 radical (unpaired) electrons. The summed E-state index contributed by atoms with van der Waals surface area (Å²) in [6, 6.07) is 11.8. The fourth-order valence-electron chi connectivity index (χ4n) is 2.74. The van der Waals surface area contributed by atoms with Crippen LogP contribution in [-0.2, 0) is 16.1 Å². The number of benzene rings is 1. The van der Waals surface area contributed by atoms with Gasteiger partial charge in [-0.1, -0.05) is 37.3 Å². The van der Waals surface area contributed by atoms with Gasteiger partial charge in [-0.3, -0.25) is 9.48 Å². The number of rotatable bonds is 7. The van der Waals surface area contributed by atoms with Crippen LogP contribution in [-0.4, -0.2) is 34.3 Å². The molecule has 0 unspecified atom stereocenters. The summed E-state index contributed by atoms with van der Waals surface area (Å²) in [7, 11) is 0. The maximum Gasteiger partial charge on any atom is 0.349 e. The lowest BCUT2D eigenvalue weighted by Crippen LogP contribution is -2.36. The molecule has 7 heteroatoms. The Morgan fingerprint density at radius 2 is 2.04 bits per heavy atom. The Balaban J connectivity index is 1.77. The van der Waals surface area contributed by atoms with Crippen LogP contribution in [0.1, 0.15) is 41.2 Å². The van der Waals surface area contributed by atoms with E-state index >= 15 is 0 Å². The lowest BCUT2D eigenvalue weighted by atomic mass is 10.2. The smallest absolute Gasteiger partial charge is 0.349 e. The lowest BCUT2D eigenvalue weighted by Gasteiger charge is -2.12. The van der Waals surface area contributed by atoms with Gasteiger partial charge in [0.2, 0.25) is 0 Å². The van der Waals surface area contributed by atoms with Crippen molar-refractivity contribution < 1.29 is 14.3 Å². The van der Waals surface area contributed by atoms with Gasteiger partial charge in [0.25, 0.3) is 5.91 Å². The summed E-state index contributed by atoms with van der Waals surface area (Å²) in [5.41, 5.74) is 2.01. The van der Waals surface area contributed by atoms with Crippen LogP contribution in [0.5, 0.6) is 0 Å². The number of hydrogen-bond acceptors (Lipinski definition) is 5. The number of amides is 1. The Bertz CT molecular complexity index is 946. The normalized spacial score (nSPS) is 12.1. The van der Waals surface area contributed by atoms with Gasteiger partial charge in [0.1, 0.15) is 9.71 Å². The van der Waals surface area contributed by atoms with Gasteiger partial charge in [0, 0.05) is 11.9 Å². The number of ether oxygens (including phenoxy) is 1. The zero-order valence-corrected chi connectivity index (χ0v) is 16.5. The number of nitrogens with zero attached hydrogens (tertiary/aromatic N) is 2. The fourth-order valence-corrected chi connectivity index (χ4v) is 3.78. The number of hydrogen-bond donors (Lipinski definition) is 1. The standard InChI is InChI=1S/C20H23N3O3S/c1-4-10-21-18(24)14(3)26-20(25)17-11-16-13(2)22-23(19(16)27-17)12-15-8-6-5-7-9-15/h5-9,11,14H,4,10,12H2,1-3H3,(H,21,24)/t14-/m1/s1. The van der Waals surface area contributed by atoms with Crippen LogP contribution < -0.4 is 5.32 Å². The van der Waals surface area contributed by atoms with Crippen molar-refractivity contribution in [1.29, 1.82) is 0 Å². The summed E-state index contributed by atoms with van der Waals surface area (Å²) >= 11 is 1.34. The highest BCUT2D eigenvalue weighted by Gasteiger charge is 2.22. The van der Waals surface area contributed by atoms with E-state index in [1.807, 2.05) is 48.9 Å². The molecule has 0 aliphatic heterocycles. The van der Waals surface area contributed by atoms with Gasteiger partial charge in [-0.05, 0) is 31.9 Å². The van der Waals surface area contributed by atoms with Crippen molar-refractivity contribution in [3.05, 3.63) is 52.5 Å². The molecular weight excluding hydrogens is 362 g/mol. The second-order valence-electron chi connectivity index (χ2n) is 6.40. The minimum Gasteiger partial charge on any atom is -0.448 e. The quantitative estimate of drug-likeness (QED) is 0.632. The predicted molar refractivity (Wildman–Crippen MR) is 106 cm³/mol. The number of nitrogens with one attached hydrogen (secondary N) is 1. The summed E-state index contributed by atoms with van der Waals surface area (Å²) in [4.78, 5) is 25.8. The average molecular weight is 385 g/mol. The van der Waals surface area contributed by atoms with E-state index < -0.39 is 12.1 Å². The van der Waals surface area contributed by atoms with E-state index in [2.05, 4.69) is 10.4 Å². The molecule has 3 aromatic rings. The molecule has 2 heterocycles. The minimum atomic E-state index is -0.823. The van der Waals surface area contributed by atoms with E-state index in [-0.39, 0.29) is 5.91 Å². The SMILES string of the molecule is CCCNC(=O)[C@@H](C)OC(=O)c1cc2c(C)nn(Cc3ccccc3)c2s1. The van der Waals surface area contributed by atoms with Gasteiger partial charge >= 0.3 is 5.97 Å². The third-order valence-corrected chi connectivity index (χ3v) is 5.31. The molecule has 27 heavy (non-hydrogen) atoms. The van der Waals surface area contributed by atoms with Crippen molar-refractivity contribution in [3.63, 3.8) is 0 Å². The van der Waals surface area contributed by atoms with Crippen LogP contribution >= 0.6 is 11.3 Å². The summed E-state index contributed by atoms with van der Waals surface area (Å²) in [5, 5.41) is 8.24. The maximum atomic E-state index is 12.5. The van der Waals surface area contributed by atoms with Gasteiger partial charge in [-0.25, -0.2) is 4.79 Å². The molecule has 0 bridgehead atoms. The highest BCUT2D eigenvalue weighted by molar-refractivity contribution is 7.20. The number of aryl methyl sites for hydroxylation is 1. The lowest BCUT2D eigenvalue weighted by molar-refractivity contribution is -0.129. The van der Waals surface area contributed by atoms with Crippen molar-refractivity contribution >= 4 is 33.4 Å².